The quantitative estimate of drug-likeness (QED) is 0.407. The van der Waals surface area contributed by atoms with E-state index in [1.807, 2.05) is 36.4 Å². The van der Waals surface area contributed by atoms with Gasteiger partial charge in [-0.25, -0.2) is 0 Å². The minimum absolute atomic E-state index is 0.0584. The first kappa shape index (κ1) is 20.8. The van der Waals surface area contributed by atoms with Crippen molar-refractivity contribution in [2.75, 3.05) is 0 Å². The van der Waals surface area contributed by atoms with E-state index >= 15 is 0 Å². The minimum Gasteiger partial charge on any atom is -0.390 e. The maximum absolute atomic E-state index is 10.9. The summed E-state index contributed by atoms with van der Waals surface area (Å²) in [6.45, 7) is 0.601. The van der Waals surface area contributed by atoms with E-state index in [4.69, 9.17) is 4.84 Å². The predicted octanol–water partition coefficient (Wildman–Crippen LogP) is 4.68. The van der Waals surface area contributed by atoms with Crippen molar-refractivity contribution in [1.82, 2.24) is 5.32 Å². The average molecular weight is 415 g/mol. The number of nitro groups is 1. The Morgan fingerprint density at radius 1 is 0.935 bits per heavy atom. The number of oxime groups is 1. The molecule has 6 nitrogen and oxygen atoms in total. The molecular weight excluding hydrogens is 390 g/mol. The van der Waals surface area contributed by atoms with Crippen LogP contribution in [0, 0.1) is 10.1 Å². The van der Waals surface area contributed by atoms with E-state index in [-0.39, 0.29) is 22.8 Å². The topological polar surface area (TPSA) is 76.8 Å². The molecule has 3 aromatic rings. The highest BCUT2D eigenvalue weighted by Gasteiger charge is 2.29. The summed E-state index contributed by atoms with van der Waals surface area (Å²) in [5.41, 5.74) is 4.59. The van der Waals surface area contributed by atoms with Crippen LogP contribution >= 0.6 is 0 Å². The van der Waals surface area contributed by atoms with E-state index in [0.29, 0.717) is 6.54 Å². The lowest BCUT2D eigenvalue weighted by atomic mass is 9.96. The molecular formula is C25H25N3O3. The normalized spacial score (nSPS) is 16.4. The third kappa shape index (κ3) is 5.77. The molecule has 0 aromatic heterocycles. The molecule has 1 aliphatic heterocycles. The van der Waals surface area contributed by atoms with Crippen molar-refractivity contribution in [3.05, 3.63) is 112 Å². The van der Waals surface area contributed by atoms with Crippen molar-refractivity contribution in [3.8, 4) is 0 Å². The highest BCUT2D eigenvalue weighted by atomic mass is 16.6. The van der Waals surface area contributed by atoms with Crippen molar-refractivity contribution >= 4 is 11.4 Å². The lowest BCUT2D eigenvalue weighted by molar-refractivity contribution is -0.384. The van der Waals surface area contributed by atoms with Gasteiger partial charge in [0.1, 0.15) is 6.10 Å². The maximum atomic E-state index is 10.9. The van der Waals surface area contributed by atoms with Crippen LogP contribution in [0.5, 0.6) is 0 Å². The second-order valence-corrected chi connectivity index (χ2v) is 7.77. The van der Waals surface area contributed by atoms with Crippen LogP contribution in [-0.2, 0) is 24.2 Å². The van der Waals surface area contributed by atoms with Crippen molar-refractivity contribution in [1.29, 1.82) is 0 Å². The van der Waals surface area contributed by atoms with Crippen LogP contribution in [0.4, 0.5) is 5.69 Å². The highest BCUT2D eigenvalue weighted by Crippen LogP contribution is 2.21. The molecule has 158 valence electrons. The van der Waals surface area contributed by atoms with Crippen molar-refractivity contribution in [3.63, 3.8) is 0 Å². The zero-order valence-electron chi connectivity index (χ0n) is 17.2. The number of nitrogens with zero attached hydrogens (tertiary/aromatic N) is 2. The van der Waals surface area contributed by atoms with E-state index in [0.717, 1.165) is 30.5 Å². The molecule has 2 unspecified atom stereocenters. The predicted molar refractivity (Wildman–Crippen MR) is 121 cm³/mol. The van der Waals surface area contributed by atoms with Crippen LogP contribution in [0.25, 0.3) is 0 Å². The van der Waals surface area contributed by atoms with Crippen LogP contribution in [-0.4, -0.2) is 22.8 Å². The number of benzene rings is 3. The number of rotatable bonds is 9. The summed E-state index contributed by atoms with van der Waals surface area (Å²) in [6.07, 6.45) is 2.32. The maximum Gasteiger partial charge on any atom is 0.269 e. The van der Waals surface area contributed by atoms with Crippen LogP contribution in [0.1, 0.15) is 23.1 Å². The summed E-state index contributed by atoms with van der Waals surface area (Å²) in [5, 5.41) is 18.8. The minimum atomic E-state index is -0.382. The largest absolute Gasteiger partial charge is 0.390 e. The summed E-state index contributed by atoms with van der Waals surface area (Å²) >= 11 is 0. The first-order valence-electron chi connectivity index (χ1n) is 10.4. The smallest absolute Gasteiger partial charge is 0.269 e. The molecule has 6 heteroatoms. The average Bonchev–Trinajstić information content (AvgIpc) is 3.26. The number of non-ortho nitro benzene ring substituents is 1. The second-order valence-electron chi connectivity index (χ2n) is 7.77. The molecule has 2 atom stereocenters. The van der Waals surface area contributed by atoms with E-state index < -0.39 is 0 Å². The van der Waals surface area contributed by atoms with Gasteiger partial charge in [0, 0.05) is 31.5 Å². The Bertz CT molecular complexity index is 1020. The van der Waals surface area contributed by atoms with Gasteiger partial charge in [-0.05, 0) is 23.1 Å². The van der Waals surface area contributed by atoms with Gasteiger partial charge < -0.3 is 10.2 Å². The number of nitro benzene ring substituents is 1. The summed E-state index contributed by atoms with van der Waals surface area (Å²) < 4.78 is 0. The van der Waals surface area contributed by atoms with Crippen LogP contribution in [0.15, 0.2) is 90.1 Å². The molecule has 0 radical (unpaired) electrons. The molecule has 4 rings (SSSR count). The van der Waals surface area contributed by atoms with Crippen molar-refractivity contribution in [2.45, 2.75) is 38.0 Å². The molecule has 1 heterocycles. The van der Waals surface area contributed by atoms with Gasteiger partial charge in [0.05, 0.1) is 16.7 Å². The van der Waals surface area contributed by atoms with Crippen LogP contribution < -0.4 is 5.32 Å². The van der Waals surface area contributed by atoms with E-state index in [2.05, 4.69) is 34.7 Å². The van der Waals surface area contributed by atoms with Gasteiger partial charge in [0.2, 0.25) is 0 Å². The molecule has 0 fully saturated rings. The van der Waals surface area contributed by atoms with Gasteiger partial charge in [0.25, 0.3) is 5.69 Å². The van der Waals surface area contributed by atoms with Gasteiger partial charge in [-0.15, -0.1) is 0 Å². The molecule has 0 spiro atoms. The second kappa shape index (κ2) is 10.00. The third-order valence-electron chi connectivity index (χ3n) is 5.47. The van der Waals surface area contributed by atoms with E-state index in [1.165, 1.54) is 23.3 Å². The molecule has 0 saturated carbocycles. The Balaban J connectivity index is 1.41. The van der Waals surface area contributed by atoms with Crippen molar-refractivity contribution in [2.24, 2.45) is 5.16 Å². The van der Waals surface area contributed by atoms with Crippen LogP contribution in [0.3, 0.4) is 0 Å². The lowest BCUT2D eigenvalue weighted by Gasteiger charge is -2.23. The Morgan fingerprint density at radius 3 is 2.23 bits per heavy atom. The Labute approximate surface area is 181 Å². The summed E-state index contributed by atoms with van der Waals surface area (Å²) in [5.74, 6) is 0. The fourth-order valence-corrected chi connectivity index (χ4v) is 3.79. The fourth-order valence-electron chi connectivity index (χ4n) is 3.79. The zero-order valence-corrected chi connectivity index (χ0v) is 17.2. The summed E-state index contributed by atoms with van der Waals surface area (Å²) in [4.78, 5) is 16.3. The van der Waals surface area contributed by atoms with Crippen LogP contribution in [0.2, 0.25) is 0 Å². The number of hydrogen-bond acceptors (Lipinski definition) is 5. The fraction of sp³-hybridized carbons (Fsp3) is 0.240. The summed E-state index contributed by atoms with van der Waals surface area (Å²) in [6, 6.07) is 27.3. The van der Waals surface area contributed by atoms with Gasteiger partial charge in [0.15, 0.2) is 0 Å². The Hall–Kier alpha value is -3.51. The molecule has 0 amide bonds. The first-order chi connectivity index (χ1) is 15.2. The molecule has 0 saturated heterocycles. The number of nitrogens with one attached hydrogen (secondary N) is 1. The highest BCUT2D eigenvalue weighted by molar-refractivity contribution is 5.87. The van der Waals surface area contributed by atoms with Gasteiger partial charge in [-0.1, -0.05) is 78.0 Å². The Kier molecular flexibility index (Phi) is 6.69. The van der Waals surface area contributed by atoms with Gasteiger partial charge in [-0.3, -0.25) is 10.1 Å². The standard InChI is InChI=1S/C25H25N3O3/c29-28(30)23-13-11-21(12-14-23)18-26-24(16-20-9-5-2-6-10-20)25-17-22(27-31-25)15-19-7-3-1-4-8-19/h1-14,24-26H,15-18H2. The van der Waals surface area contributed by atoms with E-state index in [9.17, 15) is 10.1 Å². The first-order valence-corrected chi connectivity index (χ1v) is 10.4. The monoisotopic (exact) mass is 415 g/mol. The summed E-state index contributed by atoms with van der Waals surface area (Å²) in [7, 11) is 0. The lowest BCUT2D eigenvalue weighted by Crippen LogP contribution is -2.41. The zero-order chi connectivity index (χ0) is 21.5. The molecule has 31 heavy (non-hydrogen) atoms. The SMILES string of the molecule is O=[N+]([O-])c1ccc(CNC(Cc2ccccc2)C2CC(Cc3ccccc3)=NO2)cc1. The number of hydrogen-bond donors (Lipinski definition) is 1. The molecule has 0 aliphatic carbocycles. The Morgan fingerprint density at radius 2 is 1.58 bits per heavy atom. The van der Waals surface area contributed by atoms with Gasteiger partial charge >= 0.3 is 0 Å². The molecule has 0 bridgehead atoms. The van der Waals surface area contributed by atoms with Gasteiger partial charge in [-0.2, -0.15) is 0 Å². The molecule has 1 aliphatic rings. The van der Waals surface area contributed by atoms with Crippen molar-refractivity contribution < 1.29 is 9.76 Å². The third-order valence-corrected chi connectivity index (χ3v) is 5.47. The van der Waals surface area contributed by atoms with E-state index in [1.54, 1.807) is 12.1 Å². The molecule has 1 N–H and O–H groups in total. The molecule has 3 aromatic carbocycles.